The van der Waals surface area contributed by atoms with Crippen LogP contribution in [0.25, 0.3) is 6.08 Å². The van der Waals surface area contributed by atoms with Gasteiger partial charge in [-0.2, -0.15) is 0 Å². The van der Waals surface area contributed by atoms with Crippen LogP contribution in [0.4, 0.5) is 0 Å². The Balaban J connectivity index is 2.02. The Kier molecular flexibility index (Phi) is 3.40. The van der Waals surface area contributed by atoms with Gasteiger partial charge in [0.05, 0.1) is 0 Å². The van der Waals surface area contributed by atoms with Gasteiger partial charge in [0.1, 0.15) is 0 Å². The first kappa shape index (κ1) is 14.0. The number of rotatable bonds is 1. The van der Waals surface area contributed by atoms with Gasteiger partial charge in [-0.25, -0.2) is 0 Å². The highest BCUT2D eigenvalue weighted by Gasteiger charge is 2.26. The van der Waals surface area contributed by atoms with Crippen molar-refractivity contribution in [3.05, 3.63) is 62.6 Å². The minimum atomic E-state index is -0.297. The molecule has 2 N–H and O–H groups in total. The molecule has 0 saturated heterocycles. The lowest BCUT2D eigenvalue weighted by atomic mass is 10.1. The van der Waals surface area contributed by atoms with Crippen molar-refractivity contribution >= 4 is 35.1 Å². The van der Waals surface area contributed by atoms with Gasteiger partial charge < -0.3 is 10.2 Å². The monoisotopic (exact) mass is 320 g/mol. The van der Waals surface area contributed by atoms with Gasteiger partial charge in [-0.05, 0) is 47.5 Å². The van der Waals surface area contributed by atoms with Crippen molar-refractivity contribution in [3.8, 4) is 11.5 Å². The van der Waals surface area contributed by atoms with E-state index in [0.29, 0.717) is 33.2 Å². The smallest absolute Gasteiger partial charge is 0.189 e. The Morgan fingerprint density at radius 3 is 2.24 bits per heavy atom. The number of allylic oxidation sites excluding steroid dienone is 1. The Labute approximate surface area is 131 Å². The van der Waals surface area contributed by atoms with E-state index >= 15 is 0 Å². The third-order valence-electron chi connectivity index (χ3n) is 3.34. The number of hydrogen-bond acceptors (Lipinski definition) is 3. The molecule has 5 heteroatoms. The van der Waals surface area contributed by atoms with Crippen molar-refractivity contribution in [2.24, 2.45) is 0 Å². The van der Waals surface area contributed by atoms with Crippen LogP contribution in [-0.4, -0.2) is 16.0 Å². The number of hydrogen-bond donors (Lipinski definition) is 2. The molecule has 1 aliphatic rings. The van der Waals surface area contributed by atoms with Crippen molar-refractivity contribution in [2.75, 3.05) is 0 Å². The predicted octanol–water partition coefficient (Wildman–Crippen LogP) is 4.23. The molecule has 0 aromatic heterocycles. The molecule has 0 radical (unpaired) electrons. The minimum absolute atomic E-state index is 0.170. The van der Waals surface area contributed by atoms with E-state index in [1.165, 1.54) is 12.1 Å². The van der Waals surface area contributed by atoms with E-state index in [9.17, 15) is 15.0 Å². The van der Waals surface area contributed by atoms with Gasteiger partial charge in [0.25, 0.3) is 0 Å². The first-order valence-corrected chi connectivity index (χ1v) is 6.96. The average molecular weight is 321 g/mol. The molecular weight excluding hydrogens is 311 g/mol. The zero-order chi connectivity index (χ0) is 15.1. The SMILES string of the molecule is O=C1C(=Cc2cc(Cl)cc(Cl)c2)Cc2cc(O)c(O)cc21. The molecule has 0 saturated carbocycles. The number of ketones is 1. The van der Waals surface area contributed by atoms with Crippen LogP contribution in [-0.2, 0) is 6.42 Å². The van der Waals surface area contributed by atoms with Crippen LogP contribution >= 0.6 is 23.2 Å². The van der Waals surface area contributed by atoms with Gasteiger partial charge in [0.15, 0.2) is 17.3 Å². The lowest BCUT2D eigenvalue weighted by Gasteiger charge is -2.00. The third-order valence-corrected chi connectivity index (χ3v) is 3.78. The van der Waals surface area contributed by atoms with Gasteiger partial charge in [0, 0.05) is 27.6 Å². The van der Waals surface area contributed by atoms with Crippen LogP contribution in [0, 0.1) is 0 Å². The molecule has 0 unspecified atom stereocenters. The van der Waals surface area contributed by atoms with Crippen molar-refractivity contribution < 1.29 is 15.0 Å². The van der Waals surface area contributed by atoms with E-state index in [0.717, 1.165) is 5.56 Å². The Hall–Kier alpha value is -1.97. The molecule has 21 heavy (non-hydrogen) atoms. The molecule has 106 valence electrons. The molecule has 3 nitrogen and oxygen atoms in total. The standard InChI is InChI=1S/C16H10Cl2O3/c17-11-2-8(3-12(18)6-11)1-10-4-9-5-14(19)15(20)7-13(9)16(10)21/h1-3,5-7,19-20H,4H2. The Morgan fingerprint density at radius 1 is 0.952 bits per heavy atom. The zero-order valence-corrected chi connectivity index (χ0v) is 12.2. The van der Waals surface area contributed by atoms with E-state index in [-0.39, 0.29) is 17.3 Å². The van der Waals surface area contributed by atoms with Crippen LogP contribution < -0.4 is 0 Å². The molecule has 3 rings (SSSR count). The molecule has 0 amide bonds. The molecule has 0 spiro atoms. The second-order valence-corrected chi connectivity index (χ2v) is 5.75. The van der Waals surface area contributed by atoms with Crippen LogP contribution in [0.1, 0.15) is 21.5 Å². The predicted molar refractivity (Wildman–Crippen MR) is 82.2 cm³/mol. The number of halogens is 2. The zero-order valence-electron chi connectivity index (χ0n) is 10.7. The minimum Gasteiger partial charge on any atom is -0.504 e. The van der Waals surface area contributed by atoms with Crippen molar-refractivity contribution in [3.63, 3.8) is 0 Å². The molecule has 2 aromatic carbocycles. The topological polar surface area (TPSA) is 57.5 Å². The molecule has 2 aromatic rings. The number of carbonyl (C=O) groups is 1. The number of phenolic OH excluding ortho intramolecular Hbond substituents is 2. The second kappa shape index (κ2) is 5.10. The fraction of sp³-hybridized carbons (Fsp3) is 0.0625. The summed E-state index contributed by atoms with van der Waals surface area (Å²) in [6, 6.07) is 7.75. The first-order chi connectivity index (χ1) is 9.94. The summed E-state index contributed by atoms with van der Waals surface area (Å²) in [5, 5.41) is 20.0. The van der Waals surface area contributed by atoms with E-state index in [1.807, 2.05) is 0 Å². The number of phenols is 2. The average Bonchev–Trinajstić information content (AvgIpc) is 2.66. The summed E-state index contributed by atoms with van der Waals surface area (Å²) >= 11 is 11.9. The number of fused-ring (bicyclic) bond motifs is 1. The van der Waals surface area contributed by atoms with Crippen LogP contribution in [0.15, 0.2) is 35.9 Å². The van der Waals surface area contributed by atoms with E-state index < -0.39 is 0 Å². The van der Waals surface area contributed by atoms with Gasteiger partial charge >= 0.3 is 0 Å². The molecule has 0 bridgehead atoms. The van der Waals surface area contributed by atoms with Crippen molar-refractivity contribution in [1.29, 1.82) is 0 Å². The summed E-state index contributed by atoms with van der Waals surface area (Å²) in [6.45, 7) is 0. The first-order valence-electron chi connectivity index (χ1n) is 6.20. The maximum atomic E-state index is 12.3. The summed E-state index contributed by atoms with van der Waals surface area (Å²) in [6.07, 6.45) is 2.11. The van der Waals surface area contributed by atoms with Crippen molar-refractivity contribution in [2.45, 2.75) is 6.42 Å². The summed E-state index contributed by atoms with van der Waals surface area (Å²) in [5.41, 5.74) is 2.39. The van der Waals surface area contributed by atoms with E-state index in [2.05, 4.69) is 0 Å². The van der Waals surface area contributed by atoms with E-state index in [4.69, 9.17) is 23.2 Å². The maximum Gasteiger partial charge on any atom is 0.189 e. The summed E-state index contributed by atoms with van der Waals surface area (Å²) in [7, 11) is 0. The molecule has 0 fully saturated rings. The highest BCUT2D eigenvalue weighted by Crippen LogP contribution is 2.36. The fourth-order valence-corrected chi connectivity index (χ4v) is 2.96. The maximum absolute atomic E-state index is 12.3. The highest BCUT2D eigenvalue weighted by molar-refractivity contribution is 6.34. The molecule has 0 aliphatic heterocycles. The number of Topliss-reactive ketones (excluding diaryl/α,β-unsaturated/α-hetero) is 1. The fourth-order valence-electron chi connectivity index (χ4n) is 2.41. The van der Waals surface area contributed by atoms with E-state index in [1.54, 1.807) is 24.3 Å². The molecular formula is C16H10Cl2O3. The van der Waals surface area contributed by atoms with Gasteiger partial charge in [0.2, 0.25) is 0 Å². The molecule has 0 heterocycles. The van der Waals surface area contributed by atoms with Gasteiger partial charge in [-0.3, -0.25) is 4.79 Å². The second-order valence-electron chi connectivity index (χ2n) is 4.88. The van der Waals surface area contributed by atoms with Crippen LogP contribution in [0.3, 0.4) is 0 Å². The van der Waals surface area contributed by atoms with Gasteiger partial charge in [-0.15, -0.1) is 0 Å². The van der Waals surface area contributed by atoms with Gasteiger partial charge in [-0.1, -0.05) is 23.2 Å². The lowest BCUT2D eigenvalue weighted by molar-refractivity contribution is 0.104. The highest BCUT2D eigenvalue weighted by atomic mass is 35.5. The van der Waals surface area contributed by atoms with Crippen LogP contribution in [0.5, 0.6) is 11.5 Å². The summed E-state index contributed by atoms with van der Waals surface area (Å²) in [4.78, 5) is 12.3. The Bertz CT molecular complexity index is 774. The largest absolute Gasteiger partial charge is 0.504 e. The summed E-state index contributed by atoms with van der Waals surface area (Å²) < 4.78 is 0. The Morgan fingerprint density at radius 2 is 1.57 bits per heavy atom. The number of aromatic hydroxyl groups is 2. The third kappa shape index (κ3) is 2.62. The summed E-state index contributed by atoms with van der Waals surface area (Å²) in [5.74, 6) is -0.695. The molecule has 1 aliphatic carbocycles. The van der Waals surface area contributed by atoms with Crippen molar-refractivity contribution in [1.82, 2.24) is 0 Å². The quantitative estimate of drug-likeness (QED) is 0.610. The molecule has 0 atom stereocenters. The number of carbonyl (C=O) groups excluding carboxylic acids is 1. The number of benzene rings is 2. The normalized spacial score (nSPS) is 15.5. The lowest BCUT2D eigenvalue weighted by Crippen LogP contribution is -1.95. The van der Waals surface area contributed by atoms with Crippen LogP contribution in [0.2, 0.25) is 10.0 Å².